The van der Waals surface area contributed by atoms with Crippen molar-refractivity contribution in [3.63, 3.8) is 0 Å². The van der Waals surface area contributed by atoms with Crippen LogP contribution in [0.3, 0.4) is 0 Å². The zero-order valence-corrected chi connectivity index (χ0v) is 13.2. The van der Waals surface area contributed by atoms with Crippen LogP contribution in [0.15, 0.2) is 42.5 Å². The fourth-order valence-corrected chi connectivity index (χ4v) is 1.70. The molecule has 1 N–H and O–H groups in total. The lowest BCUT2D eigenvalue weighted by Gasteiger charge is -2.19. The van der Waals surface area contributed by atoms with Crippen LogP contribution in [0.25, 0.3) is 0 Å². The molecule has 120 valence electrons. The Kier molecular flexibility index (Phi) is 4.95. The second-order valence-corrected chi connectivity index (χ2v) is 5.77. The van der Waals surface area contributed by atoms with Crippen molar-refractivity contribution in [1.82, 2.24) is 4.98 Å². The summed E-state index contributed by atoms with van der Waals surface area (Å²) in [6.45, 7) is 5.39. The summed E-state index contributed by atoms with van der Waals surface area (Å²) in [7, 11) is 0. The van der Waals surface area contributed by atoms with Gasteiger partial charge in [-0.1, -0.05) is 6.07 Å². The van der Waals surface area contributed by atoms with E-state index in [4.69, 9.17) is 9.47 Å². The van der Waals surface area contributed by atoms with Crippen molar-refractivity contribution in [1.29, 1.82) is 0 Å². The molecule has 1 aromatic heterocycles. The van der Waals surface area contributed by atoms with Gasteiger partial charge in [-0.2, -0.15) is 0 Å². The highest BCUT2D eigenvalue weighted by molar-refractivity contribution is 5.84. The molecule has 6 nitrogen and oxygen atoms in total. The summed E-state index contributed by atoms with van der Waals surface area (Å²) in [6.07, 6.45) is 0.132. The molecular weight excluding hydrogens is 296 g/mol. The predicted molar refractivity (Wildman–Crippen MR) is 86.0 cm³/mol. The number of nitrogens with one attached hydrogen (secondary N) is 1. The molecule has 0 bridgehead atoms. The largest absolute Gasteiger partial charge is 0.444 e. The Labute approximate surface area is 134 Å². The normalized spacial score (nSPS) is 10.7. The van der Waals surface area contributed by atoms with Crippen molar-refractivity contribution in [2.24, 2.45) is 0 Å². The topological polar surface area (TPSA) is 77.5 Å². The summed E-state index contributed by atoms with van der Waals surface area (Å²) in [6, 6.07) is 11.7. The van der Waals surface area contributed by atoms with Crippen molar-refractivity contribution in [2.75, 3.05) is 5.32 Å². The highest BCUT2D eigenvalue weighted by Gasteiger charge is 2.16. The number of carbonyl (C=O) groups excluding carboxylic acids is 2. The second-order valence-electron chi connectivity index (χ2n) is 5.77. The van der Waals surface area contributed by atoms with Gasteiger partial charge in [0, 0.05) is 11.8 Å². The van der Waals surface area contributed by atoms with Gasteiger partial charge >= 0.3 is 6.09 Å². The van der Waals surface area contributed by atoms with Gasteiger partial charge in [-0.3, -0.25) is 10.1 Å². The quantitative estimate of drug-likeness (QED) is 0.862. The van der Waals surface area contributed by atoms with Crippen LogP contribution in [0, 0.1) is 0 Å². The average molecular weight is 314 g/mol. The molecule has 0 aliphatic carbocycles. The molecule has 0 fully saturated rings. The van der Waals surface area contributed by atoms with Crippen LogP contribution in [-0.4, -0.2) is 23.0 Å². The van der Waals surface area contributed by atoms with Crippen LogP contribution in [0.4, 0.5) is 10.5 Å². The predicted octanol–water partition coefficient (Wildman–Crippen LogP) is 4.03. The van der Waals surface area contributed by atoms with E-state index in [-0.39, 0.29) is 0 Å². The molecule has 0 aliphatic heterocycles. The number of anilines is 1. The van der Waals surface area contributed by atoms with E-state index in [0.29, 0.717) is 29.3 Å². The molecular formula is C17H18N2O4. The third-order valence-electron chi connectivity index (χ3n) is 2.59. The number of hydrogen-bond donors (Lipinski definition) is 1. The van der Waals surface area contributed by atoms with Gasteiger partial charge in [-0.05, 0) is 51.1 Å². The first-order valence-corrected chi connectivity index (χ1v) is 7.06. The van der Waals surface area contributed by atoms with Crippen molar-refractivity contribution >= 4 is 18.1 Å². The lowest BCUT2D eigenvalue weighted by atomic mass is 10.2. The third kappa shape index (κ3) is 5.43. The van der Waals surface area contributed by atoms with Crippen LogP contribution in [0.2, 0.25) is 0 Å². The van der Waals surface area contributed by atoms with Crippen LogP contribution >= 0.6 is 0 Å². The fourth-order valence-electron chi connectivity index (χ4n) is 1.70. The summed E-state index contributed by atoms with van der Waals surface area (Å²) in [4.78, 5) is 26.4. The number of ether oxygens (including phenoxy) is 2. The summed E-state index contributed by atoms with van der Waals surface area (Å²) in [5, 5.41) is 2.63. The Morgan fingerprint density at radius 2 is 1.83 bits per heavy atom. The summed E-state index contributed by atoms with van der Waals surface area (Å²) >= 11 is 0. The Morgan fingerprint density at radius 1 is 1.13 bits per heavy atom. The van der Waals surface area contributed by atoms with Gasteiger partial charge in [0.15, 0.2) is 6.29 Å². The van der Waals surface area contributed by atoms with Crippen LogP contribution in [0.5, 0.6) is 11.6 Å². The molecule has 0 atom stereocenters. The van der Waals surface area contributed by atoms with E-state index in [0.717, 1.165) is 0 Å². The zero-order valence-electron chi connectivity index (χ0n) is 13.2. The molecule has 2 aromatic rings. The molecule has 0 radical (unpaired) electrons. The minimum atomic E-state index is -0.553. The number of amides is 1. The van der Waals surface area contributed by atoms with Crippen LogP contribution in [-0.2, 0) is 4.74 Å². The summed E-state index contributed by atoms with van der Waals surface area (Å²) in [5.74, 6) is 0.859. The van der Waals surface area contributed by atoms with Gasteiger partial charge in [-0.15, -0.1) is 0 Å². The molecule has 0 saturated heterocycles. The Morgan fingerprint density at radius 3 is 2.43 bits per heavy atom. The van der Waals surface area contributed by atoms with E-state index < -0.39 is 11.7 Å². The fraction of sp³-hybridized carbons (Fsp3) is 0.235. The van der Waals surface area contributed by atoms with Gasteiger partial charge in [0.2, 0.25) is 5.88 Å². The Hall–Kier alpha value is -2.89. The number of benzene rings is 1. The standard InChI is InChI=1S/C17H18N2O4/c1-17(2,3)23-16(21)19-12-7-9-14(10-8-12)22-15-6-4-5-13(11-20)18-15/h4-11H,1-3H3,(H,19,21). The van der Waals surface area contributed by atoms with E-state index in [1.54, 1.807) is 63.2 Å². The molecule has 1 amide bonds. The molecule has 23 heavy (non-hydrogen) atoms. The smallest absolute Gasteiger partial charge is 0.412 e. The molecule has 1 aromatic carbocycles. The number of carbonyl (C=O) groups is 2. The second kappa shape index (κ2) is 6.91. The number of aromatic nitrogens is 1. The first kappa shape index (κ1) is 16.5. The first-order chi connectivity index (χ1) is 10.9. The van der Waals surface area contributed by atoms with E-state index in [2.05, 4.69) is 10.3 Å². The van der Waals surface area contributed by atoms with E-state index in [1.165, 1.54) is 0 Å². The molecule has 0 unspecified atom stereocenters. The molecule has 1 heterocycles. The highest BCUT2D eigenvalue weighted by atomic mass is 16.6. The van der Waals surface area contributed by atoms with Crippen LogP contribution < -0.4 is 10.1 Å². The van der Waals surface area contributed by atoms with Gasteiger partial charge in [0.05, 0.1) is 0 Å². The Balaban J connectivity index is 1.99. The lowest BCUT2D eigenvalue weighted by Crippen LogP contribution is -2.27. The van der Waals surface area contributed by atoms with Gasteiger partial charge in [0.25, 0.3) is 0 Å². The zero-order chi connectivity index (χ0) is 16.9. The van der Waals surface area contributed by atoms with Crippen molar-refractivity contribution in [3.8, 4) is 11.6 Å². The maximum Gasteiger partial charge on any atom is 0.412 e. The molecule has 2 rings (SSSR count). The molecule has 0 saturated carbocycles. The maximum absolute atomic E-state index is 11.7. The van der Waals surface area contributed by atoms with Crippen LogP contribution in [0.1, 0.15) is 31.3 Å². The van der Waals surface area contributed by atoms with Gasteiger partial charge in [0.1, 0.15) is 17.0 Å². The van der Waals surface area contributed by atoms with E-state index in [9.17, 15) is 9.59 Å². The molecule has 6 heteroatoms. The monoisotopic (exact) mass is 314 g/mol. The van der Waals surface area contributed by atoms with Gasteiger partial charge in [-0.25, -0.2) is 9.78 Å². The number of nitrogens with zero attached hydrogens (tertiary/aromatic N) is 1. The average Bonchev–Trinajstić information content (AvgIpc) is 2.47. The van der Waals surface area contributed by atoms with Crippen molar-refractivity contribution < 1.29 is 19.1 Å². The number of rotatable bonds is 4. The summed E-state index contributed by atoms with van der Waals surface area (Å²) < 4.78 is 10.7. The summed E-state index contributed by atoms with van der Waals surface area (Å²) in [5.41, 5.74) is 0.328. The van der Waals surface area contributed by atoms with Crippen molar-refractivity contribution in [3.05, 3.63) is 48.2 Å². The third-order valence-corrected chi connectivity index (χ3v) is 2.59. The number of hydrogen-bond acceptors (Lipinski definition) is 5. The molecule has 0 spiro atoms. The minimum Gasteiger partial charge on any atom is -0.444 e. The Bertz CT molecular complexity index is 690. The van der Waals surface area contributed by atoms with Gasteiger partial charge < -0.3 is 9.47 Å². The minimum absolute atomic E-state index is 0.297. The maximum atomic E-state index is 11.7. The lowest BCUT2D eigenvalue weighted by molar-refractivity contribution is 0.0636. The van der Waals surface area contributed by atoms with E-state index >= 15 is 0 Å². The van der Waals surface area contributed by atoms with E-state index in [1.807, 2.05) is 0 Å². The highest BCUT2D eigenvalue weighted by Crippen LogP contribution is 2.22. The molecule has 0 aliphatic rings. The number of pyridine rings is 1. The number of aldehydes is 1. The van der Waals surface area contributed by atoms with Crippen molar-refractivity contribution in [2.45, 2.75) is 26.4 Å². The first-order valence-electron chi connectivity index (χ1n) is 7.06. The SMILES string of the molecule is CC(C)(C)OC(=O)Nc1ccc(Oc2cccc(C=O)n2)cc1.